The second-order valence-corrected chi connectivity index (χ2v) is 10.4. The summed E-state index contributed by atoms with van der Waals surface area (Å²) in [4.78, 5) is 27.6. The van der Waals surface area contributed by atoms with Gasteiger partial charge in [0.1, 0.15) is 0 Å². The van der Waals surface area contributed by atoms with Crippen LogP contribution in [0.5, 0.6) is 0 Å². The molecule has 194 valence electrons. The third-order valence-corrected chi connectivity index (χ3v) is 7.28. The number of halogens is 1. The second kappa shape index (κ2) is 10.8. The van der Waals surface area contributed by atoms with Crippen LogP contribution in [-0.4, -0.2) is 29.9 Å². The van der Waals surface area contributed by atoms with Gasteiger partial charge in [-0.15, -0.1) is 0 Å². The zero-order valence-electron chi connectivity index (χ0n) is 21.7. The first-order chi connectivity index (χ1) is 20.2. The van der Waals surface area contributed by atoms with E-state index in [-0.39, 0.29) is 0 Å². The number of rotatable bonds is 5. The Kier molecular flexibility index (Phi) is 6.55. The first kappa shape index (κ1) is 24.9. The molecule has 0 bridgehead atoms. The monoisotopic (exact) mass is 592 g/mol. The molecule has 4 heterocycles. The van der Waals surface area contributed by atoms with Crippen molar-refractivity contribution in [3.63, 3.8) is 0 Å². The molecule has 41 heavy (non-hydrogen) atoms. The molecule has 0 aliphatic heterocycles. The number of fused-ring (bicyclic) bond motifs is 1. The van der Waals surface area contributed by atoms with E-state index in [0.717, 1.165) is 54.3 Å². The lowest BCUT2D eigenvalue weighted by Crippen LogP contribution is -2.00. The van der Waals surface area contributed by atoms with Crippen LogP contribution in [0, 0.1) is 0 Å². The maximum absolute atomic E-state index is 4.96. The zero-order valence-corrected chi connectivity index (χ0v) is 23.3. The molecule has 0 N–H and O–H groups in total. The minimum absolute atomic E-state index is 0.589. The van der Waals surface area contributed by atoms with E-state index in [2.05, 4.69) is 61.2 Å². The highest BCUT2D eigenvalue weighted by Gasteiger charge is 2.15. The van der Waals surface area contributed by atoms with Gasteiger partial charge in [-0.1, -0.05) is 46.3 Å². The number of hydrogen-bond acceptors (Lipinski definition) is 6. The largest absolute Gasteiger partial charge is 0.265 e. The van der Waals surface area contributed by atoms with E-state index in [1.807, 2.05) is 66.7 Å². The summed E-state index contributed by atoms with van der Waals surface area (Å²) in [7, 11) is 0. The Labute approximate surface area is 245 Å². The van der Waals surface area contributed by atoms with Crippen LogP contribution in [0.25, 0.3) is 67.3 Å². The van der Waals surface area contributed by atoms with Gasteiger partial charge in [0.25, 0.3) is 0 Å². The van der Waals surface area contributed by atoms with Gasteiger partial charge in [0.15, 0.2) is 17.5 Å². The minimum Gasteiger partial charge on any atom is -0.265 e. The maximum Gasteiger partial charge on any atom is 0.164 e. The predicted octanol–water partition coefficient (Wildman–Crippen LogP) is 8.31. The molecule has 6 nitrogen and oxygen atoms in total. The lowest BCUT2D eigenvalue weighted by molar-refractivity contribution is 1.07. The molecule has 4 aromatic heterocycles. The molecule has 7 heteroatoms. The molecule has 3 aromatic carbocycles. The van der Waals surface area contributed by atoms with Crippen molar-refractivity contribution >= 4 is 26.8 Å². The van der Waals surface area contributed by atoms with E-state index in [1.54, 1.807) is 31.0 Å². The van der Waals surface area contributed by atoms with Gasteiger partial charge in [-0.25, -0.2) is 15.0 Å². The van der Waals surface area contributed by atoms with Crippen LogP contribution in [0.1, 0.15) is 0 Å². The molecule has 7 aromatic rings. The van der Waals surface area contributed by atoms with E-state index >= 15 is 0 Å². The van der Waals surface area contributed by atoms with Gasteiger partial charge in [-0.2, -0.15) is 0 Å². The Hall–Kier alpha value is -5.14. The Morgan fingerprint density at radius 2 is 0.951 bits per heavy atom. The summed E-state index contributed by atoms with van der Waals surface area (Å²) in [6.45, 7) is 0. The van der Waals surface area contributed by atoms with Crippen LogP contribution in [0.4, 0.5) is 0 Å². The average Bonchev–Trinajstić information content (AvgIpc) is 3.05. The molecule has 0 spiro atoms. The lowest BCUT2D eigenvalue weighted by Gasteiger charge is -2.11. The molecule has 7 rings (SSSR count). The molecule has 0 aliphatic carbocycles. The standard InChI is InChI=1S/C34H21BrN6/c35-30-20-28(24-11-16-37-17-12-24)19-29(21-30)34-40-32(25-5-3-22(4-6-25)23-9-14-36-15-10-23)39-33(41-34)27-7-8-31-26(18-27)2-1-13-38-31/h1-21H. The molecule has 0 saturated heterocycles. The van der Waals surface area contributed by atoms with Crippen molar-refractivity contribution < 1.29 is 0 Å². The highest BCUT2D eigenvalue weighted by atomic mass is 79.9. The van der Waals surface area contributed by atoms with Gasteiger partial charge in [0, 0.05) is 57.5 Å². The maximum atomic E-state index is 4.96. The van der Waals surface area contributed by atoms with Gasteiger partial charge < -0.3 is 0 Å². The quantitative estimate of drug-likeness (QED) is 0.200. The van der Waals surface area contributed by atoms with E-state index in [1.165, 1.54) is 0 Å². The third kappa shape index (κ3) is 5.23. The summed E-state index contributed by atoms with van der Waals surface area (Å²) in [5, 5.41) is 1.03. The van der Waals surface area contributed by atoms with Crippen molar-refractivity contribution in [2.75, 3.05) is 0 Å². The van der Waals surface area contributed by atoms with Crippen molar-refractivity contribution in [3.8, 4) is 56.4 Å². The van der Waals surface area contributed by atoms with Crippen LogP contribution in [0.15, 0.2) is 133 Å². The molecule has 0 radical (unpaired) electrons. The second-order valence-electron chi connectivity index (χ2n) is 9.49. The van der Waals surface area contributed by atoms with Crippen LogP contribution < -0.4 is 0 Å². The number of hydrogen-bond donors (Lipinski definition) is 0. The third-order valence-electron chi connectivity index (χ3n) is 6.82. The normalized spacial score (nSPS) is 11.0. The molecule has 0 aliphatic rings. The SMILES string of the molecule is Brc1cc(-c2ccncc2)cc(-c2nc(-c3ccc(-c4ccncc4)cc3)nc(-c3ccc4ncccc4c3)n2)c1. The summed E-state index contributed by atoms with van der Waals surface area (Å²) in [6.07, 6.45) is 8.97. The van der Waals surface area contributed by atoms with Crippen molar-refractivity contribution in [3.05, 3.63) is 133 Å². The van der Waals surface area contributed by atoms with Crippen LogP contribution >= 0.6 is 15.9 Å². The van der Waals surface area contributed by atoms with Gasteiger partial charge in [-0.05, 0) is 89.0 Å². The van der Waals surface area contributed by atoms with Crippen LogP contribution in [0.3, 0.4) is 0 Å². The van der Waals surface area contributed by atoms with Gasteiger partial charge in [0.2, 0.25) is 0 Å². The number of aromatic nitrogens is 6. The molecule has 0 unspecified atom stereocenters. The van der Waals surface area contributed by atoms with E-state index in [9.17, 15) is 0 Å². The summed E-state index contributed by atoms with van der Waals surface area (Å²) in [6, 6.07) is 32.5. The minimum atomic E-state index is 0.589. The molecular weight excluding hydrogens is 572 g/mol. The summed E-state index contributed by atoms with van der Waals surface area (Å²) in [5.41, 5.74) is 7.91. The Morgan fingerprint density at radius 1 is 0.415 bits per heavy atom. The van der Waals surface area contributed by atoms with Crippen LogP contribution in [0.2, 0.25) is 0 Å². The first-order valence-corrected chi connectivity index (χ1v) is 13.8. The Morgan fingerprint density at radius 3 is 1.66 bits per heavy atom. The summed E-state index contributed by atoms with van der Waals surface area (Å²) in [5.74, 6) is 1.79. The van der Waals surface area contributed by atoms with Gasteiger partial charge in [0.05, 0.1) is 5.52 Å². The average molecular weight is 593 g/mol. The highest BCUT2D eigenvalue weighted by Crippen LogP contribution is 2.32. The summed E-state index contributed by atoms with van der Waals surface area (Å²) >= 11 is 3.69. The fraction of sp³-hybridized carbons (Fsp3) is 0. The number of pyridine rings is 3. The molecule has 0 atom stereocenters. The van der Waals surface area contributed by atoms with E-state index < -0.39 is 0 Å². The highest BCUT2D eigenvalue weighted by molar-refractivity contribution is 9.10. The topological polar surface area (TPSA) is 77.3 Å². The first-order valence-electron chi connectivity index (χ1n) is 13.0. The lowest BCUT2D eigenvalue weighted by atomic mass is 10.0. The smallest absolute Gasteiger partial charge is 0.164 e. The summed E-state index contributed by atoms with van der Waals surface area (Å²) < 4.78 is 0.934. The van der Waals surface area contributed by atoms with Crippen molar-refractivity contribution in [2.24, 2.45) is 0 Å². The van der Waals surface area contributed by atoms with Crippen molar-refractivity contribution in [2.45, 2.75) is 0 Å². The number of nitrogens with zero attached hydrogens (tertiary/aromatic N) is 6. The molecule has 0 fully saturated rings. The van der Waals surface area contributed by atoms with E-state index in [0.29, 0.717) is 17.5 Å². The Balaban J connectivity index is 1.38. The molecular formula is C34H21BrN6. The predicted molar refractivity (Wildman–Crippen MR) is 166 cm³/mol. The van der Waals surface area contributed by atoms with Crippen molar-refractivity contribution in [1.82, 2.24) is 29.9 Å². The van der Waals surface area contributed by atoms with Crippen molar-refractivity contribution in [1.29, 1.82) is 0 Å². The van der Waals surface area contributed by atoms with Gasteiger partial charge in [-0.3, -0.25) is 15.0 Å². The fourth-order valence-corrected chi connectivity index (χ4v) is 5.26. The fourth-order valence-electron chi connectivity index (χ4n) is 4.76. The van der Waals surface area contributed by atoms with Gasteiger partial charge >= 0.3 is 0 Å². The molecule has 0 saturated carbocycles. The zero-order chi connectivity index (χ0) is 27.6. The van der Waals surface area contributed by atoms with Crippen LogP contribution in [-0.2, 0) is 0 Å². The molecule has 0 amide bonds. The number of benzene rings is 3. The Bertz CT molecular complexity index is 2000. The van der Waals surface area contributed by atoms with E-state index in [4.69, 9.17) is 15.0 Å².